The van der Waals surface area contributed by atoms with E-state index in [9.17, 15) is 4.79 Å². The second-order valence-electron chi connectivity index (χ2n) is 6.81. The third kappa shape index (κ3) is 5.55. The van der Waals surface area contributed by atoms with E-state index in [0.717, 1.165) is 12.8 Å². The molecule has 0 saturated carbocycles. The zero-order chi connectivity index (χ0) is 20.8. The Morgan fingerprint density at radius 2 is 1.72 bits per heavy atom. The number of nitrogens with zero attached hydrogens (tertiary/aromatic N) is 2. The zero-order valence-electron chi connectivity index (χ0n) is 16.5. The van der Waals surface area contributed by atoms with Crippen molar-refractivity contribution in [2.75, 3.05) is 6.54 Å². The van der Waals surface area contributed by atoms with Gasteiger partial charge >= 0.3 is 0 Å². The van der Waals surface area contributed by atoms with E-state index in [1.807, 2.05) is 32.0 Å². The molecule has 0 aliphatic rings. The predicted molar refractivity (Wildman–Crippen MR) is 119 cm³/mol. The number of hydrogen-bond acceptors (Lipinski definition) is 3. The summed E-state index contributed by atoms with van der Waals surface area (Å²) in [4.78, 5) is 22.1. The minimum absolute atomic E-state index is 0.190. The molecule has 29 heavy (non-hydrogen) atoms. The molecule has 3 rings (SSSR count). The normalized spacial score (nSPS) is 10.8. The van der Waals surface area contributed by atoms with Gasteiger partial charge in [0.05, 0.1) is 17.0 Å². The molecule has 0 bridgehead atoms. The van der Waals surface area contributed by atoms with Crippen molar-refractivity contribution < 1.29 is 4.79 Å². The summed E-state index contributed by atoms with van der Waals surface area (Å²) in [6, 6.07) is 15.4. The highest BCUT2D eigenvalue weighted by Crippen LogP contribution is 2.29. The monoisotopic (exact) mass is 427 g/mol. The van der Waals surface area contributed by atoms with Crippen LogP contribution in [-0.2, 0) is 12.8 Å². The topological polar surface area (TPSA) is 54.9 Å². The van der Waals surface area contributed by atoms with Crippen LogP contribution in [0.25, 0.3) is 11.3 Å². The number of nitrogens with one attached hydrogen (secondary N) is 1. The number of benzene rings is 2. The number of aromatic nitrogens is 2. The van der Waals surface area contributed by atoms with Crippen molar-refractivity contribution in [1.29, 1.82) is 0 Å². The maximum absolute atomic E-state index is 13.0. The Bertz CT molecular complexity index is 986. The van der Waals surface area contributed by atoms with Gasteiger partial charge in [-0.1, -0.05) is 60.5 Å². The lowest BCUT2D eigenvalue weighted by atomic mass is 10.0. The van der Waals surface area contributed by atoms with Gasteiger partial charge < -0.3 is 5.32 Å². The first-order valence-corrected chi connectivity index (χ1v) is 10.4. The molecule has 2 aromatic carbocycles. The number of halogens is 2. The third-order valence-corrected chi connectivity index (χ3v) is 5.02. The molecule has 0 atom stereocenters. The number of rotatable bonds is 7. The highest BCUT2D eigenvalue weighted by molar-refractivity contribution is 6.35. The first-order valence-electron chi connectivity index (χ1n) is 9.64. The van der Waals surface area contributed by atoms with Crippen LogP contribution in [0.2, 0.25) is 10.0 Å². The predicted octanol–water partition coefficient (Wildman–Crippen LogP) is 5.68. The smallest absolute Gasteiger partial charge is 0.255 e. The Morgan fingerprint density at radius 1 is 1.03 bits per heavy atom. The summed E-state index contributed by atoms with van der Waals surface area (Å²) < 4.78 is 0. The number of carbonyl (C=O) groups excluding carboxylic acids is 1. The highest BCUT2D eigenvalue weighted by atomic mass is 35.5. The summed E-state index contributed by atoms with van der Waals surface area (Å²) in [6.07, 6.45) is 2.42. The summed E-state index contributed by atoms with van der Waals surface area (Å²) >= 11 is 12.4. The molecular formula is C23H23Cl2N3O. The molecule has 1 aromatic heterocycles. The summed E-state index contributed by atoms with van der Waals surface area (Å²) in [5.41, 5.74) is 3.61. The Hall–Kier alpha value is -2.43. The summed E-state index contributed by atoms with van der Waals surface area (Å²) in [6.45, 7) is 4.38. The quantitative estimate of drug-likeness (QED) is 0.493. The van der Waals surface area contributed by atoms with Crippen LogP contribution < -0.4 is 5.32 Å². The SMILES string of the molecule is CCc1nc(C)c(C(=O)NCCCc2ccccc2)c(-c2cc(Cl)cc(Cl)c2)n1. The van der Waals surface area contributed by atoms with Gasteiger partial charge in [0.15, 0.2) is 0 Å². The Balaban J connectivity index is 1.82. The zero-order valence-corrected chi connectivity index (χ0v) is 18.0. The molecule has 1 heterocycles. The molecule has 1 amide bonds. The van der Waals surface area contributed by atoms with E-state index < -0.39 is 0 Å². The van der Waals surface area contributed by atoms with Gasteiger partial charge in [0.1, 0.15) is 5.82 Å². The Kier molecular flexibility index (Phi) is 7.24. The van der Waals surface area contributed by atoms with Gasteiger partial charge in [-0.15, -0.1) is 0 Å². The molecule has 3 aromatic rings. The van der Waals surface area contributed by atoms with Crippen molar-refractivity contribution >= 4 is 29.1 Å². The Morgan fingerprint density at radius 3 is 2.38 bits per heavy atom. The molecule has 6 heteroatoms. The van der Waals surface area contributed by atoms with Gasteiger partial charge in [-0.25, -0.2) is 9.97 Å². The van der Waals surface area contributed by atoms with E-state index in [0.29, 0.717) is 51.4 Å². The van der Waals surface area contributed by atoms with E-state index in [1.165, 1.54) is 5.56 Å². The van der Waals surface area contributed by atoms with Gasteiger partial charge in [-0.3, -0.25) is 4.79 Å². The second kappa shape index (κ2) is 9.86. The maximum Gasteiger partial charge on any atom is 0.255 e. The fourth-order valence-electron chi connectivity index (χ4n) is 3.19. The van der Waals surface area contributed by atoms with Crippen molar-refractivity contribution in [2.45, 2.75) is 33.1 Å². The summed E-state index contributed by atoms with van der Waals surface area (Å²) in [5, 5.41) is 3.99. The number of aryl methyl sites for hydroxylation is 3. The molecular weight excluding hydrogens is 405 g/mol. The van der Waals surface area contributed by atoms with Gasteiger partial charge in [0.25, 0.3) is 5.91 Å². The molecule has 0 fully saturated rings. The van der Waals surface area contributed by atoms with Crippen LogP contribution in [0.3, 0.4) is 0 Å². The average molecular weight is 428 g/mol. The molecule has 0 unspecified atom stereocenters. The molecule has 0 aliphatic carbocycles. The van der Waals surface area contributed by atoms with E-state index >= 15 is 0 Å². The maximum atomic E-state index is 13.0. The van der Waals surface area contributed by atoms with Gasteiger partial charge in [0, 0.05) is 28.6 Å². The minimum Gasteiger partial charge on any atom is -0.352 e. The van der Waals surface area contributed by atoms with Crippen LogP contribution in [0.15, 0.2) is 48.5 Å². The van der Waals surface area contributed by atoms with Crippen LogP contribution in [0, 0.1) is 6.92 Å². The third-order valence-electron chi connectivity index (χ3n) is 4.59. The fraction of sp³-hybridized carbons (Fsp3) is 0.261. The van der Waals surface area contributed by atoms with Crippen LogP contribution >= 0.6 is 23.2 Å². The van der Waals surface area contributed by atoms with Gasteiger partial charge in [-0.2, -0.15) is 0 Å². The summed E-state index contributed by atoms with van der Waals surface area (Å²) in [5.74, 6) is 0.485. The van der Waals surface area contributed by atoms with Crippen LogP contribution in [0.4, 0.5) is 0 Å². The second-order valence-corrected chi connectivity index (χ2v) is 7.68. The Labute approximate surface area is 181 Å². The van der Waals surface area contributed by atoms with Crippen molar-refractivity contribution in [3.63, 3.8) is 0 Å². The lowest BCUT2D eigenvalue weighted by Crippen LogP contribution is -2.27. The van der Waals surface area contributed by atoms with Crippen LogP contribution in [-0.4, -0.2) is 22.4 Å². The van der Waals surface area contributed by atoms with Gasteiger partial charge in [0.2, 0.25) is 0 Å². The average Bonchev–Trinajstić information content (AvgIpc) is 2.70. The number of hydrogen-bond donors (Lipinski definition) is 1. The number of carbonyl (C=O) groups is 1. The first-order chi connectivity index (χ1) is 14.0. The van der Waals surface area contributed by atoms with Crippen molar-refractivity contribution in [3.05, 3.63) is 81.2 Å². The number of amides is 1. The first kappa shape index (κ1) is 21.3. The van der Waals surface area contributed by atoms with Crippen molar-refractivity contribution in [1.82, 2.24) is 15.3 Å². The standard InChI is InChI=1S/C23H23Cl2N3O/c1-3-20-27-15(2)21(22(28-20)17-12-18(24)14-19(25)13-17)23(29)26-11-7-10-16-8-5-4-6-9-16/h4-6,8-9,12-14H,3,7,10-11H2,1-2H3,(H,26,29). The molecule has 0 radical (unpaired) electrons. The summed E-state index contributed by atoms with van der Waals surface area (Å²) in [7, 11) is 0. The highest BCUT2D eigenvalue weighted by Gasteiger charge is 2.20. The van der Waals surface area contributed by atoms with Crippen LogP contribution in [0.1, 0.15) is 40.8 Å². The lowest BCUT2D eigenvalue weighted by Gasteiger charge is -2.14. The largest absolute Gasteiger partial charge is 0.352 e. The van der Waals surface area contributed by atoms with Gasteiger partial charge in [-0.05, 0) is 43.5 Å². The van der Waals surface area contributed by atoms with E-state index in [2.05, 4.69) is 27.4 Å². The molecule has 0 saturated heterocycles. The van der Waals surface area contributed by atoms with E-state index in [-0.39, 0.29) is 5.91 Å². The molecule has 150 valence electrons. The molecule has 1 N–H and O–H groups in total. The molecule has 0 aliphatic heterocycles. The van der Waals surface area contributed by atoms with E-state index in [4.69, 9.17) is 23.2 Å². The van der Waals surface area contributed by atoms with E-state index in [1.54, 1.807) is 18.2 Å². The van der Waals surface area contributed by atoms with Crippen LogP contribution in [0.5, 0.6) is 0 Å². The van der Waals surface area contributed by atoms with Crippen molar-refractivity contribution in [3.8, 4) is 11.3 Å². The molecule has 0 spiro atoms. The minimum atomic E-state index is -0.190. The fourth-order valence-corrected chi connectivity index (χ4v) is 3.71. The molecule has 4 nitrogen and oxygen atoms in total. The van der Waals surface area contributed by atoms with Crippen molar-refractivity contribution in [2.24, 2.45) is 0 Å². The lowest BCUT2D eigenvalue weighted by molar-refractivity contribution is 0.0952.